The van der Waals surface area contributed by atoms with Crippen LogP contribution in [0.4, 0.5) is 5.13 Å². The van der Waals surface area contributed by atoms with Crippen molar-refractivity contribution in [3.63, 3.8) is 0 Å². The summed E-state index contributed by atoms with van der Waals surface area (Å²) in [5.74, 6) is -0.106. The molecule has 2 aromatic rings. The summed E-state index contributed by atoms with van der Waals surface area (Å²) in [6.07, 6.45) is 5.20. The topological polar surface area (TPSA) is 54.9 Å². The van der Waals surface area contributed by atoms with Crippen LogP contribution in [0.15, 0.2) is 30.7 Å². The van der Waals surface area contributed by atoms with Crippen molar-refractivity contribution in [2.75, 3.05) is 5.32 Å². The second kappa shape index (κ2) is 4.18. The molecule has 0 aliphatic heterocycles. The van der Waals surface area contributed by atoms with Gasteiger partial charge < -0.3 is 5.32 Å². The van der Waals surface area contributed by atoms with Crippen LogP contribution in [-0.2, 0) is 4.79 Å². The monoisotopic (exact) mass is 219 g/mol. The molecule has 0 bridgehead atoms. The minimum atomic E-state index is -0.106. The van der Waals surface area contributed by atoms with Crippen molar-refractivity contribution in [2.24, 2.45) is 0 Å². The first-order valence-electron chi connectivity index (χ1n) is 4.39. The van der Waals surface area contributed by atoms with Crippen LogP contribution in [0.25, 0.3) is 10.4 Å². The third-order valence-electron chi connectivity index (χ3n) is 1.75. The number of anilines is 1. The minimum Gasteiger partial charge on any atom is -0.302 e. The van der Waals surface area contributed by atoms with Gasteiger partial charge in [-0.2, -0.15) is 0 Å². The van der Waals surface area contributed by atoms with Gasteiger partial charge in [0, 0.05) is 25.5 Å². The molecule has 0 atom stereocenters. The number of nitrogens with one attached hydrogen (secondary N) is 1. The number of nitrogens with zero attached hydrogens (tertiary/aromatic N) is 2. The Morgan fingerprint density at radius 2 is 2.13 bits per heavy atom. The van der Waals surface area contributed by atoms with E-state index < -0.39 is 0 Å². The molecular formula is C10H9N3OS. The van der Waals surface area contributed by atoms with E-state index in [0.717, 1.165) is 10.4 Å². The van der Waals surface area contributed by atoms with Crippen molar-refractivity contribution in [3.8, 4) is 10.4 Å². The quantitative estimate of drug-likeness (QED) is 0.842. The Morgan fingerprint density at radius 3 is 2.80 bits per heavy atom. The van der Waals surface area contributed by atoms with Gasteiger partial charge >= 0.3 is 0 Å². The van der Waals surface area contributed by atoms with Crippen molar-refractivity contribution < 1.29 is 4.79 Å². The molecule has 15 heavy (non-hydrogen) atoms. The van der Waals surface area contributed by atoms with E-state index in [1.807, 2.05) is 12.1 Å². The molecular weight excluding hydrogens is 210 g/mol. The van der Waals surface area contributed by atoms with Gasteiger partial charge in [-0.3, -0.25) is 9.78 Å². The molecule has 4 nitrogen and oxygen atoms in total. The smallest absolute Gasteiger partial charge is 0.223 e. The molecule has 2 heterocycles. The first-order valence-corrected chi connectivity index (χ1v) is 5.21. The predicted octanol–water partition coefficient (Wildman–Crippen LogP) is 2.16. The number of aromatic nitrogens is 2. The maximum atomic E-state index is 10.8. The molecule has 0 fully saturated rings. The van der Waals surface area contributed by atoms with E-state index in [1.165, 1.54) is 18.3 Å². The molecule has 5 heteroatoms. The fraction of sp³-hybridized carbons (Fsp3) is 0.100. The predicted molar refractivity (Wildman–Crippen MR) is 59.6 cm³/mol. The summed E-state index contributed by atoms with van der Waals surface area (Å²) in [6, 6.07) is 3.82. The Hall–Kier alpha value is -1.75. The number of hydrogen-bond acceptors (Lipinski definition) is 4. The number of rotatable bonds is 2. The number of amides is 1. The van der Waals surface area contributed by atoms with Gasteiger partial charge in [0.15, 0.2) is 5.13 Å². The first-order chi connectivity index (χ1) is 7.25. The van der Waals surface area contributed by atoms with E-state index in [-0.39, 0.29) is 5.91 Å². The molecule has 0 saturated carbocycles. The maximum Gasteiger partial charge on any atom is 0.223 e. The summed E-state index contributed by atoms with van der Waals surface area (Å²) >= 11 is 1.44. The Bertz CT molecular complexity index is 467. The highest BCUT2D eigenvalue weighted by molar-refractivity contribution is 7.19. The third-order valence-corrected chi connectivity index (χ3v) is 2.72. The summed E-state index contributed by atoms with van der Waals surface area (Å²) in [5.41, 5.74) is 1.05. The van der Waals surface area contributed by atoms with Gasteiger partial charge in [0.1, 0.15) is 0 Å². The van der Waals surface area contributed by atoms with Gasteiger partial charge in [-0.05, 0) is 17.7 Å². The lowest BCUT2D eigenvalue weighted by atomic mass is 10.2. The van der Waals surface area contributed by atoms with Crippen LogP contribution in [-0.4, -0.2) is 15.9 Å². The van der Waals surface area contributed by atoms with Crippen molar-refractivity contribution in [1.82, 2.24) is 9.97 Å². The Kier molecular flexibility index (Phi) is 2.73. The number of carbonyl (C=O) groups excluding carboxylic acids is 1. The van der Waals surface area contributed by atoms with Crippen molar-refractivity contribution in [3.05, 3.63) is 30.7 Å². The van der Waals surface area contributed by atoms with Crippen LogP contribution in [0.3, 0.4) is 0 Å². The molecule has 1 N–H and O–H groups in total. The zero-order chi connectivity index (χ0) is 10.7. The number of pyridine rings is 1. The Labute approximate surface area is 91.0 Å². The summed E-state index contributed by atoms with van der Waals surface area (Å²) < 4.78 is 0. The van der Waals surface area contributed by atoms with Crippen LogP contribution in [0.2, 0.25) is 0 Å². The Balaban J connectivity index is 2.24. The van der Waals surface area contributed by atoms with Crippen LogP contribution in [0.5, 0.6) is 0 Å². The molecule has 0 aromatic carbocycles. The molecule has 0 aliphatic rings. The molecule has 0 aliphatic carbocycles. The molecule has 1 amide bonds. The Morgan fingerprint density at radius 1 is 1.40 bits per heavy atom. The normalized spacial score (nSPS) is 9.93. The summed E-state index contributed by atoms with van der Waals surface area (Å²) in [5, 5.41) is 3.27. The average Bonchev–Trinajstić information content (AvgIpc) is 2.67. The maximum absolute atomic E-state index is 10.8. The SMILES string of the molecule is CC(=O)Nc1ncc(-c2ccncc2)s1. The lowest BCUT2D eigenvalue weighted by molar-refractivity contribution is -0.114. The molecule has 2 rings (SSSR count). The molecule has 76 valence electrons. The van der Waals surface area contributed by atoms with Crippen LogP contribution in [0.1, 0.15) is 6.92 Å². The highest BCUT2D eigenvalue weighted by Gasteiger charge is 2.04. The standard InChI is InChI=1S/C10H9N3OS/c1-7(14)13-10-12-6-9(15-10)8-2-4-11-5-3-8/h2-6H,1H3,(H,12,13,14). The van der Waals surface area contributed by atoms with Crippen LogP contribution < -0.4 is 5.32 Å². The minimum absolute atomic E-state index is 0.106. The highest BCUT2D eigenvalue weighted by Crippen LogP contribution is 2.28. The zero-order valence-electron chi connectivity index (χ0n) is 8.10. The molecule has 2 aromatic heterocycles. The van der Waals surface area contributed by atoms with Gasteiger partial charge in [-0.1, -0.05) is 11.3 Å². The van der Waals surface area contributed by atoms with Crippen molar-refractivity contribution >= 4 is 22.4 Å². The fourth-order valence-electron chi connectivity index (χ4n) is 1.13. The summed E-state index contributed by atoms with van der Waals surface area (Å²) in [6.45, 7) is 1.47. The number of carbonyl (C=O) groups is 1. The van der Waals surface area contributed by atoms with Gasteiger partial charge in [0.25, 0.3) is 0 Å². The molecule has 0 unspecified atom stereocenters. The summed E-state index contributed by atoms with van der Waals surface area (Å²) in [4.78, 5) is 19.9. The molecule has 0 radical (unpaired) electrons. The molecule has 0 spiro atoms. The average molecular weight is 219 g/mol. The van der Waals surface area contributed by atoms with E-state index in [0.29, 0.717) is 5.13 Å². The first kappa shape index (κ1) is 9.79. The van der Waals surface area contributed by atoms with Gasteiger partial charge in [-0.25, -0.2) is 4.98 Å². The lowest BCUT2D eigenvalue weighted by Gasteiger charge is -1.94. The lowest BCUT2D eigenvalue weighted by Crippen LogP contribution is -2.04. The van der Waals surface area contributed by atoms with Gasteiger partial charge in [-0.15, -0.1) is 0 Å². The molecule has 0 saturated heterocycles. The van der Waals surface area contributed by atoms with E-state index in [4.69, 9.17) is 0 Å². The van der Waals surface area contributed by atoms with E-state index in [1.54, 1.807) is 18.6 Å². The van der Waals surface area contributed by atoms with Crippen LogP contribution >= 0.6 is 11.3 Å². The summed E-state index contributed by atoms with van der Waals surface area (Å²) in [7, 11) is 0. The van der Waals surface area contributed by atoms with Gasteiger partial charge in [0.2, 0.25) is 5.91 Å². The fourth-order valence-corrected chi connectivity index (χ4v) is 2.00. The van der Waals surface area contributed by atoms with Crippen LogP contribution in [0, 0.1) is 0 Å². The zero-order valence-corrected chi connectivity index (χ0v) is 8.91. The van der Waals surface area contributed by atoms with E-state index >= 15 is 0 Å². The second-order valence-electron chi connectivity index (χ2n) is 2.95. The van der Waals surface area contributed by atoms with E-state index in [2.05, 4.69) is 15.3 Å². The highest BCUT2D eigenvalue weighted by atomic mass is 32.1. The second-order valence-corrected chi connectivity index (χ2v) is 3.98. The number of hydrogen-bond donors (Lipinski definition) is 1. The largest absolute Gasteiger partial charge is 0.302 e. The van der Waals surface area contributed by atoms with Gasteiger partial charge in [0.05, 0.1) is 4.88 Å². The van der Waals surface area contributed by atoms with Crippen molar-refractivity contribution in [2.45, 2.75) is 6.92 Å². The van der Waals surface area contributed by atoms with Crippen molar-refractivity contribution in [1.29, 1.82) is 0 Å². The number of thiazole rings is 1. The third kappa shape index (κ3) is 2.38. The van der Waals surface area contributed by atoms with E-state index in [9.17, 15) is 4.79 Å².